The van der Waals surface area contributed by atoms with Crippen molar-refractivity contribution in [3.8, 4) is 17.2 Å². The molecule has 1 aliphatic rings. The van der Waals surface area contributed by atoms with Gasteiger partial charge in [-0.1, -0.05) is 12.1 Å². The van der Waals surface area contributed by atoms with Crippen LogP contribution in [0.5, 0.6) is 17.2 Å². The minimum atomic E-state index is -1.96. The number of halogens is 1. The molecule has 0 bridgehead atoms. The zero-order chi connectivity index (χ0) is 20.9. The third kappa shape index (κ3) is 4.52. The summed E-state index contributed by atoms with van der Waals surface area (Å²) in [5.41, 5.74) is -1.96. The number of barbiturate groups is 1. The van der Waals surface area contributed by atoms with Gasteiger partial charge < -0.3 is 14.2 Å². The van der Waals surface area contributed by atoms with Gasteiger partial charge in [-0.25, -0.2) is 9.18 Å². The van der Waals surface area contributed by atoms with Crippen LogP contribution in [-0.4, -0.2) is 36.7 Å². The Balaban J connectivity index is 1.79. The first-order valence-electron chi connectivity index (χ1n) is 8.90. The Bertz CT molecular complexity index is 895. The SMILES string of the molecule is CCOCCC1(Oc2ccc(Oc3ccccc3F)cc2)C(=O)NC(=O)NC1=O. The molecule has 3 rings (SSSR count). The molecule has 1 heterocycles. The smallest absolute Gasteiger partial charge is 0.328 e. The van der Waals surface area contributed by atoms with Crippen LogP contribution in [0.4, 0.5) is 9.18 Å². The fourth-order valence-corrected chi connectivity index (χ4v) is 2.70. The Morgan fingerprint density at radius 2 is 1.55 bits per heavy atom. The Morgan fingerprint density at radius 3 is 2.17 bits per heavy atom. The van der Waals surface area contributed by atoms with Crippen LogP contribution in [0, 0.1) is 5.82 Å². The van der Waals surface area contributed by atoms with Gasteiger partial charge in [0.25, 0.3) is 17.4 Å². The number of urea groups is 1. The highest BCUT2D eigenvalue weighted by Gasteiger charge is 2.52. The second kappa shape index (κ2) is 8.70. The van der Waals surface area contributed by atoms with Gasteiger partial charge in [0.15, 0.2) is 11.6 Å². The standard InChI is InChI=1S/C20H19FN2O6/c1-2-27-12-11-20(17(24)22-19(26)23-18(20)25)29-14-9-7-13(8-10-14)28-16-6-4-3-5-15(16)21/h3-10H,2,11-12H2,1H3,(H2,22,23,24,25,26). The van der Waals surface area contributed by atoms with Gasteiger partial charge in [-0.2, -0.15) is 0 Å². The van der Waals surface area contributed by atoms with Crippen LogP contribution in [-0.2, 0) is 14.3 Å². The number of rotatable bonds is 8. The lowest BCUT2D eigenvalue weighted by atomic mass is 9.95. The number of carbonyl (C=O) groups excluding carboxylic acids is 3. The van der Waals surface area contributed by atoms with Crippen LogP contribution in [0.1, 0.15) is 13.3 Å². The predicted molar refractivity (Wildman–Crippen MR) is 99.1 cm³/mol. The van der Waals surface area contributed by atoms with Crippen LogP contribution >= 0.6 is 0 Å². The minimum Gasteiger partial charge on any atom is -0.467 e. The van der Waals surface area contributed by atoms with E-state index in [-0.39, 0.29) is 24.5 Å². The van der Waals surface area contributed by atoms with E-state index in [0.717, 1.165) is 0 Å². The monoisotopic (exact) mass is 402 g/mol. The van der Waals surface area contributed by atoms with E-state index in [1.807, 2.05) is 10.6 Å². The van der Waals surface area contributed by atoms with Crippen molar-refractivity contribution in [1.29, 1.82) is 0 Å². The van der Waals surface area contributed by atoms with Gasteiger partial charge in [0.2, 0.25) is 0 Å². The van der Waals surface area contributed by atoms with Crippen molar-refractivity contribution in [3.63, 3.8) is 0 Å². The molecule has 0 spiro atoms. The van der Waals surface area contributed by atoms with Gasteiger partial charge >= 0.3 is 6.03 Å². The van der Waals surface area contributed by atoms with E-state index in [4.69, 9.17) is 14.2 Å². The molecule has 0 atom stereocenters. The average Bonchev–Trinajstić information content (AvgIpc) is 2.69. The maximum atomic E-state index is 13.7. The lowest BCUT2D eigenvalue weighted by Gasteiger charge is -2.34. The molecule has 0 aliphatic carbocycles. The molecule has 2 aromatic carbocycles. The summed E-state index contributed by atoms with van der Waals surface area (Å²) >= 11 is 0. The Labute approximate surface area is 165 Å². The topological polar surface area (TPSA) is 103 Å². The number of hydrogen-bond acceptors (Lipinski definition) is 6. The Hall–Kier alpha value is -3.46. The first kappa shape index (κ1) is 20.3. The molecule has 1 saturated heterocycles. The van der Waals surface area contributed by atoms with Gasteiger partial charge in [0.1, 0.15) is 11.5 Å². The number of amides is 4. The number of hydrogen-bond donors (Lipinski definition) is 2. The number of para-hydroxylation sites is 1. The summed E-state index contributed by atoms with van der Waals surface area (Å²) in [6.07, 6.45) is -0.0980. The van der Waals surface area contributed by atoms with E-state index in [2.05, 4.69) is 0 Å². The Kier molecular flexibility index (Phi) is 6.08. The van der Waals surface area contributed by atoms with Crippen molar-refractivity contribution in [2.75, 3.05) is 13.2 Å². The summed E-state index contributed by atoms with van der Waals surface area (Å²) in [5, 5.41) is 4.08. The second-order valence-corrected chi connectivity index (χ2v) is 6.12. The van der Waals surface area contributed by atoms with Crippen molar-refractivity contribution in [3.05, 3.63) is 54.3 Å². The lowest BCUT2D eigenvalue weighted by Crippen LogP contribution is -2.69. The quantitative estimate of drug-likeness (QED) is 0.520. The first-order valence-corrected chi connectivity index (χ1v) is 8.90. The largest absolute Gasteiger partial charge is 0.467 e. The predicted octanol–water partition coefficient (Wildman–Crippen LogP) is 2.53. The van der Waals surface area contributed by atoms with Crippen molar-refractivity contribution in [2.45, 2.75) is 18.9 Å². The van der Waals surface area contributed by atoms with Crippen molar-refractivity contribution >= 4 is 17.8 Å². The molecule has 1 aliphatic heterocycles. The van der Waals surface area contributed by atoms with Gasteiger partial charge in [0, 0.05) is 13.0 Å². The lowest BCUT2D eigenvalue weighted by molar-refractivity contribution is -0.153. The molecule has 152 valence electrons. The molecular formula is C20H19FN2O6. The van der Waals surface area contributed by atoms with Gasteiger partial charge in [-0.05, 0) is 43.3 Å². The van der Waals surface area contributed by atoms with Crippen molar-refractivity contribution in [1.82, 2.24) is 10.6 Å². The number of nitrogens with one attached hydrogen (secondary N) is 2. The summed E-state index contributed by atoms with van der Waals surface area (Å²) in [7, 11) is 0. The van der Waals surface area contributed by atoms with Crippen molar-refractivity contribution in [2.24, 2.45) is 0 Å². The molecule has 1 fully saturated rings. The normalized spacial score (nSPS) is 15.4. The Morgan fingerprint density at radius 1 is 0.931 bits per heavy atom. The first-order chi connectivity index (χ1) is 13.9. The van der Waals surface area contributed by atoms with Gasteiger partial charge in [-0.3, -0.25) is 20.2 Å². The molecule has 4 amide bonds. The highest BCUT2D eigenvalue weighted by atomic mass is 19.1. The van der Waals surface area contributed by atoms with Crippen LogP contribution < -0.4 is 20.1 Å². The zero-order valence-corrected chi connectivity index (χ0v) is 15.6. The summed E-state index contributed by atoms with van der Waals surface area (Å²) in [6.45, 7) is 2.23. The van der Waals surface area contributed by atoms with E-state index < -0.39 is 29.3 Å². The highest BCUT2D eigenvalue weighted by Crippen LogP contribution is 2.29. The van der Waals surface area contributed by atoms with E-state index in [0.29, 0.717) is 12.4 Å². The van der Waals surface area contributed by atoms with Crippen LogP contribution in [0.2, 0.25) is 0 Å². The molecule has 8 nitrogen and oxygen atoms in total. The van der Waals surface area contributed by atoms with Crippen LogP contribution in [0.15, 0.2) is 48.5 Å². The van der Waals surface area contributed by atoms with E-state index in [9.17, 15) is 18.8 Å². The molecule has 2 N–H and O–H groups in total. The van der Waals surface area contributed by atoms with Gasteiger partial charge in [-0.15, -0.1) is 0 Å². The molecule has 0 radical (unpaired) electrons. The molecule has 2 aromatic rings. The van der Waals surface area contributed by atoms with Crippen LogP contribution in [0.3, 0.4) is 0 Å². The van der Waals surface area contributed by atoms with E-state index in [1.54, 1.807) is 19.1 Å². The zero-order valence-electron chi connectivity index (χ0n) is 15.6. The number of ether oxygens (including phenoxy) is 3. The van der Waals surface area contributed by atoms with E-state index >= 15 is 0 Å². The molecule has 9 heteroatoms. The molecule has 0 aromatic heterocycles. The molecular weight excluding hydrogens is 383 g/mol. The fourth-order valence-electron chi connectivity index (χ4n) is 2.70. The fraction of sp³-hybridized carbons (Fsp3) is 0.250. The van der Waals surface area contributed by atoms with E-state index in [1.165, 1.54) is 36.4 Å². The van der Waals surface area contributed by atoms with Crippen molar-refractivity contribution < 1.29 is 33.0 Å². The third-order valence-electron chi connectivity index (χ3n) is 4.17. The maximum absolute atomic E-state index is 13.7. The average molecular weight is 402 g/mol. The van der Waals surface area contributed by atoms with Gasteiger partial charge in [0.05, 0.1) is 6.61 Å². The number of carbonyl (C=O) groups is 3. The second-order valence-electron chi connectivity index (χ2n) is 6.12. The number of imide groups is 2. The maximum Gasteiger partial charge on any atom is 0.328 e. The summed E-state index contributed by atoms with van der Waals surface area (Å²) in [5.74, 6) is -1.70. The molecule has 0 unspecified atom stereocenters. The number of benzene rings is 2. The van der Waals surface area contributed by atoms with Crippen LogP contribution in [0.25, 0.3) is 0 Å². The highest BCUT2D eigenvalue weighted by molar-refractivity contribution is 6.21. The minimum absolute atomic E-state index is 0.0545. The summed E-state index contributed by atoms with van der Waals surface area (Å²) < 4.78 is 30.1. The molecule has 29 heavy (non-hydrogen) atoms. The summed E-state index contributed by atoms with van der Waals surface area (Å²) in [6, 6.07) is 11.0. The molecule has 0 saturated carbocycles. The summed E-state index contributed by atoms with van der Waals surface area (Å²) in [4.78, 5) is 36.3. The third-order valence-corrected chi connectivity index (χ3v) is 4.17.